The molecular weight excluding hydrogens is 242 g/mol. The minimum atomic E-state index is 0.0912. The lowest BCUT2D eigenvalue weighted by Crippen LogP contribution is -2.56. The Morgan fingerprint density at radius 2 is 2.05 bits per heavy atom. The van der Waals surface area contributed by atoms with Crippen molar-refractivity contribution in [3.63, 3.8) is 0 Å². The highest BCUT2D eigenvalue weighted by Crippen LogP contribution is 2.32. The Kier molecular flexibility index (Phi) is 4.32. The maximum atomic E-state index is 9.67. The number of benzene rings is 1. The van der Waals surface area contributed by atoms with Gasteiger partial charge in [-0.2, -0.15) is 0 Å². The highest BCUT2D eigenvalue weighted by Gasteiger charge is 2.42. The monoisotopic (exact) mass is 265 g/mol. The van der Waals surface area contributed by atoms with Crippen molar-refractivity contribution in [2.45, 2.75) is 45.4 Å². The first-order valence-electron chi connectivity index (χ1n) is 6.78. The molecule has 2 rings (SSSR count). The van der Waals surface area contributed by atoms with E-state index in [1.165, 1.54) is 0 Å². The summed E-state index contributed by atoms with van der Waals surface area (Å²) in [6.07, 6.45) is 1.23. The Morgan fingerprint density at radius 3 is 2.68 bits per heavy atom. The molecule has 3 atom stereocenters. The maximum Gasteiger partial charge on any atom is 0.118 e. The lowest BCUT2D eigenvalue weighted by Gasteiger charge is -2.44. The molecule has 0 spiro atoms. The van der Waals surface area contributed by atoms with Gasteiger partial charge in [-0.3, -0.25) is 0 Å². The lowest BCUT2D eigenvalue weighted by atomic mass is 9.84. The molecule has 0 aliphatic heterocycles. The third-order valence-corrected chi connectivity index (χ3v) is 3.79. The van der Waals surface area contributed by atoms with E-state index in [9.17, 15) is 5.11 Å². The molecule has 1 aromatic carbocycles. The molecule has 19 heavy (non-hydrogen) atoms. The molecule has 4 nitrogen and oxygen atoms in total. The lowest BCUT2D eigenvalue weighted by molar-refractivity contribution is -0.118. The fourth-order valence-electron chi connectivity index (χ4n) is 2.57. The van der Waals surface area contributed by atoms with Gasteiger partial charge in [0.05, 0.1) is 12.1 Å². The van der Waals surface area contributed by atoms with Crippen molar-refractivity contribution >= 4 is 5.69 Å². The molecule has 0 heterocycles. The van der Waals surface area contributed by atoms with E-state index in [1.54, 1.807) is 13.2 Å². The van der Waals surface area contributed by atoms with Crippen LogP contribution in [0, 0.1) is 13.8 Å². The summed E-state index contributed by atoms with van der Waals surface area (Å²) in [4.78, 5) is 0. The van der Waals surface area contributed by atoms with Crippen LogP contribution < -0.4 is 5.32 Å². The third kappa shape index (κ3) is 2.85. The zero-order valence-corrected chi connectivity index (χ0v) is 12.1. The first-order chi connectivity index (χ1) is 9.06. The van der Waals surface area contributed by atoms with E-state index in [4.69, 9.17) is 9.47 Å². The first kappa shape index (κ1) is 14.2. The Morgan fingerprint density at radius 1 is 1.32 bits per heavy atom. The van der Waals surface area contributed by atoms with Crippen molar-refractivity contribution in [3.05, 3.63) is 23.3 Å². The second-order valence-corrected chi connectivity index (χ2v) is 5.13. The predicted molar refractivity (Wildman–Crippen MR) is 75.8 cm³/mol. The van der Waals surface area contributed by atoms with Gasteiger partial charge in [-0.15, -0.1) is 0 Å². The second-order valence-electron chi connectivity index (χ2n) is 5.13. The standard InChI is InChI=1S/C15H23NO3/c1-5-19-14-8-12(15(14)18-4)16-11-6-10(3)13(17)7-9(11)2/h6-7,12,14-17H,5,8H2,1-4H3. The van der Waals surface area contributed by atoms with Gasteiger partial charge >= 0.3 is 0 Å². The average Bonchev–Trinajstić information content (AvgIpc) is 2.34. The van der Waals surface area contributed by atoms with Crippen LogP contribution in [0.4, 0.5) is 5.69 Å². The molecule has 0 aromatic heterocycles. The van der Waals surface area contributed by atoms with Gasteiger partial charge < -0.3 is 19.9 Å². The van der Waals surface area contributed by atoms with Crippen LogP contribution in [0.15, 0.2) is 12.1 Å². The highest BCUT2D eigenvalue weighted by atomic mass is 16.5. The number of phenolic OH excluding ortho intramolecular Hbond substituents is 1. The molecule has 0 amide bonds. The number of hydrogen-bond acceptors (Lipinski definition) is 4. The molecule has 1 aliphatic rings. The molecule has 3 unspecified atom stereocenters. The fourth-order valence-corrected chi connectivity index (χ4v) is 2.57. The summed E-state index contributed by atoms with van der Waals surface area (Å²) in [5.41, 5.74) is 2.97. The molecule has 1 aliphatic carbocycles. The minimum Gasteiger partial charge on any atom is -0.508 e. The van der Waals surface area contributed by atoms with Crippen LogP contribution in [0.3, 0.4) is 0 Å². The molecule has 1 fully saturated rings. The molecule has 2 N–H and O–H groups in total. The minimum absolute atomic E-state index is 0.0912. The molecule has 0 radical (unpaired) electrons. The number of aromatic hydroxyl groups is 1. The molecule has 0 bridgehead atoms. The van der Waals surface area contributed by atoms with Crippen LogP contribution in [0.25, 0.3) is 0 Å². The van der Waals surface area contributed by atoms with E-state index in [1.807, 2.05) is 26.8 Å². The van der Waals surface area contributed by atoms with Crippen LogP contribution >= 0.6 is 0 Å². The van der Waals surface area contributed by atoms with E-state index < -0.39 is 0 Å². The topological polar surface area (TPSA) is 50.7 Å². The normalized spacial score (nSPS) is 26.0. The van der Waals surface area contributed by atoms with E-state index in [2.05, 4.69) is 5.32 Å². The third-order valence-electron chi connectivity index (χ3n) is 3.79. The second kappa shape index (κ2) is 5.80. The van der Waals surface area contributed by atoms with Crippen molar-refractivity contribution < 1.29 is 14.6 Å². The van der Waals surface area contributed by atoms with Crippen molar-refractivity contribution in [1.82, 2.24) is 0 Å². The van der Waals surface area contributed by atoms with Gasteiger partial charge in [-0.05, 0) is 50.5 Å². The highest BCUT2D eigenvalue weighted by molar-refractivity contribution is 5.57. The van der Waals surface area contributed by atoms with Gasteiger partial charge in [-0.1, -0.05) is 0 Å². The number of rotatable bonds is 5. The van der Waals surface area contributed by atoms with E-state index >= 15 is 0 Å². The molecule has 4 heteroatoms. The quantitative estimate of drug-likeness (QED) is 0.804. The smallest absolute Gasteiger partial charge is 0.118 e. The predicted octanol–water partition coefficient (Wildman–Crippen LogP) is 2.61. The van der Waals surface area contributed by atoms with Crippen LogP contribution in [0.5, 0.6) is 5.75 Å². The summed E-state index contributed by atoms with van der Waals surface area (Å²) in [6.45, 7) is 6.61. The number of hydrogen-bond donors (Lipinski definition) is 2. The first-order valence-corrected chi connectivity index (χ1v) is 6.78. The number of phenols is 1. The van der Waals surface area contributed by atoms with Crippen LogP contribution in [0.1, 0.15) is 24.5 Å². The molecule has 106 valence electrons. The van der Waals surface area contributed by atoms with Crippen LogP contribution in [-0.4, -0.2) is 37.1 Å². The van der Waals surface area contributed by atoms with Crippen molar-refractivity contribution in [2.75, 3.05) is 19.0 Å². The summed E-state index contributed by atoms with van der Waals surface area (Å²) in [5.74, 6) is 0.340. The van der Waals surface area contributed by atoms with Gasteiger partial charge in [-0.25, -0.2) is 0 Å². The van der Waals surface area contributed by atoms with Crippen molar-refractivity contribution in [1.29, 1.82) is 0 Å². The van der Waals surface area contributed by atoms with Gasteiger partial charge in [0.1, 0.15) is 11.9 Å². The van der Waals surface area contributed by atoms with Gasteiger partial charge in [0.25, 0.3) is 0 Å². The molecular formula is C15H23NO3. The van der Waals surface area contributed by atoms with E-state index in [0.29, 0.717) is 12.4 Å². The number of methoxy groups -OCH3 is 1. The van der Waals surface area contributed by atoms with E-state index in [0.717, 1.165) is 23.2 Å². The zero-order valence-electron chi connectivity index (χ0n) is 12.1. The summed E-state index contributed by atoms with van der Waals surface area (Å²) >= 11 is 0. The van der Waals surface area contributed by atoms with Crippen LogP contribution in [-0.2, 0) is 9.47 Å². The summed E-state index contributed by atoms with van der Waals surface area (Å²) < 4.78 is 11.1. The Labute approximate surface area is 114 Å². The average molecular weight is 265 g/mol. The number of nitrogens with one attached hydrogen (secondary N) is 1. The van der Waals surface area contributed by atoms with Crippen molar-refractivity contribution in [2.24, 2.45) is 0 Å². The van der Waals surface area contributed by atoms with Gasteiger partial charge in [0.2, 0.25) is 0 Å². The number of aryl methyl sites for hydroxylation is 2. The largest absolute Gasteiger partial charge is 0.508 e. The Balaban J connectivity index is 2.04. The zero-order chi connectivity index (χ0) is 14.0. The Hall–Kier alpha value is -1.26. The summed E-state index contributed by atoms with van der Waals surface area (Å²) in [5, 5.41) is 13.2. The van der Waals surface area contributed by atoms with E-state index in [-0.39, 0.29) is 18.2 Å². The Bertz CT molecular complexity index is 447. The van der Waals surface area contributed by atoms with Gasteiger partial charge in [0.15, 0.2) is 0 Å². The number of ether oxygens (including phenoxy) is 2. The maximum absolute atomic E-state index is 9.67. The molecule has 1 aromatic rings. The van der Waals surface area contributed by atoms with Gasteiger partial charge in [0, 0.05) is 19.4 Å². The molecule has 0 saturated heterocycles. The fraction of sp³-hybridized carbons (Fsp3) is 0.600. The van der Waals surface area contributed by atoms with Crippen molar-refractivity contribution in [3.8, 4) is 5.75 Å². The summed E-state index contributed by atoms with van der Waals surface area (Å²) in [7, 11) is 1.72. The summed E-state index contributed by atoms with van der Waals surface area (Å²) in [6, 6.07) is 4.04. The van der Waals surface area contributed by atoms with Crippen LogP contribution in [0.2, 0.25) is 0 Å². The molecule has 1 saturated carbocycles. The number of anilines is 1. The SMILES string of the molecule is CCOC1CC(Nc2cc(C)c(O)cc2C)C1OC.